The second kappa shape index (κ2) is 10.2. The zero-order valence-electron chi connectivity index (χ0n) is 18.2. The Labute approximate surface area is 197 Å². The highest BCUT2D eigenvalue weighted by atomic mass is 35.5. The van der Waals surface area contributed by atoms with Crippen molar-refractivity contribution in [2.45, 2.75) is 6.92 Å². The van der Waals surface area contributed by atoms with E-state index in [1.165, 1.54) is 0 Å². The van der Waals surface area contributed by atoms with E-state index in [2.05, 4.69) is 11.1 Å². The van der Waals surface area contributed by atoms with Gasteiger partial charge in [-0.1, -0.05) is 41.9 Å². The van der Waals surface area contributed by atoms with Crippen molar-refractivity contribution < 1.29 is 13.9 Å². The SMILES string of the molecule is Cc1cccc(OCC(=O)N2CCN(c3oc(C=Cc4ccccc4Cl)nc3C#N)CC2)c1. The number of amides is 1. The van der Waals surface area contributed by atoms with Crippen LogP contribution in [0.3, 0.4) is 0 Å². The molecule has 0 spiro atoms. The quantitative estimate of drug-likeness (QED) is 0.539. The van der Waals surface area contributed by atoms with E-state index in [4.69, 9.17) is 20.8 Å². The van der Waals surface area contributed by atoms with Crippen molar-refractivity contribution in [1.82, 2.24) is 9.88 Å². The van der Waals surface area contributed by atoms with Gasteiger partial charge in [0.15, 0.2) is 6.61 Å². The number of hydrogen-bond acceptors (Lipinski definition) is 6. The third-order valence-corrected chi connectivity index (χ3v) is 5.66. The second-order valence-corrected chi connectivity index (χ2v) is 8.05. The van der Waals surface area contributed by atoms with Crippen LogP contribution in [0.15, 0.2) is 52.9 Å². The zero-order valence-corrected chi connectivity index (χ0v) is 19.0. The molecule has 1 aliphatic heterocycles. The van der Waals surface area contributed by atoms with Gasteiger partial charge in [0.1, 0.15) is 11.8 Å². The number of nitrogens with zero attached hydrogens (tertiary/aromatic N) is 4. The van der Waals surface area contributed by atoms with E-state index in [-0.39, 0.29) is 18.2 Å². The molecule has 4 rings (SSSR count). The average Bonchev–Trinajstić information content (AvgIpc) is 3.25. The van der Waals surface area contributed by atoms with Crippen LogP contribution in [0.2, 0.25) is 5.02 Å². The van der Waals surface area contributed by atoms with Gasteiger partial charge in [-0.2, -0.15) is 10.2 Å². The molecule has 3 aromatic rings. The highest BCUT2D eigenvalue weighted by Crippen LogP contribution is 2.25. The lowest BCUT2D eigenvalue weighted by Crippen LogP contribution is -2.50. The van der Waals surface area contributed by atoms with Gasteiger partial charge in [0.05, 0.1) is 0 Å². The lowest BCUT2D eigenvalue weighted by Gasteiger charge is -2.34. The van der Waals surface area contributed by atoms with E-state index in [0.29, 0.717) is 48.7 Å². The molecule has 0 N–H and O–H groups in total. The predicted molar refractivity (Wildman–Crippen MR) is 127 cm³/mol. The van der Waals surface area contributed by atoms with E-state index in [1.807, 2.05) is 54.3 Å². The summed E-state index contributed by atoms with van der Waals surface area (Å²) in [5.41, 5.74) is 2.13. The van der Waals surface area contributed by atoms with Gasteiger partial charge in [0.25, 0.3) is 5.91 Å². The summed E-state index contributed by atoms with van der Waals surface area (Å²) in [6.07, 6.45) is 3.48. The zero-order chi connectivity index (χ0) is 23.2. The van der Waals surface area contributed by atoms with Crippen LogP contribution in [-0.2, 0) is 4.79 Å². The summed E-state index contributed by atoms with van der Waals surface area (Å²) in [5, 5.41) is 10.1. The fourth-order valence-corrected chi connectivity index (χ4v) is 3.76. The molecule has 7 nitrogen and oxygen atoms in total. The summed E-state index contributed by atoms with van der Waals surface area (Å²) in [6, 6.07) is 17.1. The third-order valence-electron chi connectivity index (χ3n) is 5.31. The molecular formula is C25H23ClN4O3. The second-order valence-electron chi connectivity index (χ2n) is 7.65. The molecule has 2 heterocycles. The first-order chi connectivity index (χ1) is 16.0. The van der Waals surface area contributed by atoms with Crippen molar-refractivity contribution in [1.29, 1.82) is 5.26 Å². The van der Waals surface area contributed by atoms with Gasteiger partial charge in [-0.3, -0.25) is 4.79 Å². The number of aromatic nitrogens is 1. The molecule has 0 radical (unpaired) electrons. The summed E-state index contributed by atoms with van der Waals surface area (Å²) in [6.45, 7) is 4.05. The maximum Gasteiger partial charge on any atom is 0.260 e. The molecule has 168 valence electrons. The minimum atomic E-state index is -0.0717. The Morgan fingerprint density at radius 2 is 1.97 bits per heavy atom. The van der Waals surface area contributed by atoms with E-state index in [0.717, 1.165) is 11.1 Å². The van der Waals surface area contributed by atoms with Crippen LogP contribution in [0.4, 0.5) is 5.88 Å². The highest BCUT2D eigenvalue weighted by Gasteiger charge is 2.26. The van der Waals surface area contributed by atoms with Crippen LogP contribution in [0.1, 0.15) is 22.7 Å². The van der Waals surface area contributed by atoms with Crippen molar-refractivity contribution in [3.05, 3.63) is 76.3 Å². The molecule has 1 fully saturated rings. The van der Waals surface area contributed by atoms with Gasteiger partial charge in [-0.15, -0.1) is 0 Å². The summed E-state index contributed by atoms with van der Waals surface area (Å²) < 4.78 is 11.5. The highest BCUT2D eigenvalue weighted by molar-refractivity contribution is 6.32. The van der Waals surface area contributed by atoms with Crippen LogP contribution in [0.5, 0.6) is 5.75 Å². The number of piperazine rings is 1. The minimum Gasteiger partial charge on any atom is -0.484 e. The normalized spacial score (nSPS) is 13.8. The number of carbonyl (C=O) groups excluding carboxylic acids is 1. The number of ether oxygens (including phenoxy) is 1. The Morgan fingerprint density at radius 3 is 2.70 bits per heavy atom. The van der Waals surface area contributed by atoms with Crippen LogP contribution < -0.4 is 9.64 Å². The first kappa shape index (κ1) is 22.4. The van der Waals surface area contributed by atoms with Crippen LogP contribution in [0, 0.1) is 18.3 Å². The van der Waals surface area contributed by atoms with Crippen LogP contribution >= 0.6 is 11.6 Å². The predicted octanol–water partition coefficient (Wildman–Crippen LogP) is 4.41. The smallest absolute Gasteiger partial charge is 0.260 e. The monoisotopic (exact) mass is 462 g/mol. The maximum atomic E-state index is 12.5. The number of aryl methyl sites for hydroxylation is 1. The van der Waals surface area contributed by atoms with Gasteiger partial charge in [-0.25, -0.2) is 0 Å². The van der Waals surface area contributed by atoms with Crippen molar-refractivity contribution in [2.75, 3.05) is 37.7 Å². The van der Waals surface area contributed by atoms with E-state index >= 15 is 0 Å². The van der Waals surface area contributed by atoms with Gasteiger partial charge >= 0.3 is 0 Å². The molecule has 1 amide bonds. The number of anilines is 1. The third kappa shape index (κ3) is 5.54. The molecular weight excluding hydrogens is 440 g/mol. The van der Waals surface area contributed by atoms with E-state index in [1.54, 1.807) is 23.1 Å². The number of halogens is 1. The standard InChI is InChI=1S/C25H23ClN4O3/c1-18-5-4-7-20(15-18)32-17-24(31)29-11-13-30(14-12-29)25-22(16-27)28-23(33-25)10-9-19-6-2-3-8-21(19)26/h2-10,15H,11-14,17H2,1H3. The first-order valence-corrected chi connectivity index (χ1v) is 11.0. The first-order valence-electron chi connectivity index (χ1n) is 10.6. The minimum absolute atomic E-state index is 0.00774. The summed E-state index contributed by atoms with van der Waals surface area (Å²) in [7, 11) is 0. The van der Waals surface area contributed by atoms with Crippen molar-refractivity contribution in [3.8, 4) is 11.8 Å². The summed E-state index contributed by atoms with van der Waals surface area (Å²) >= 11 is 6.18. The van der Waals surface area contributed by atoms with Gasteiger partial charge in [-0.05, 0) is 42.3 Å². The van der Waals surface area contributed by atoms with Crippen molar-refractivity contribution in [3.63, 3.8) is 0 Å². The molecule has 1 aromatic heterocycles. The molecule has 0 unspecified atom stereocenters. The Hall–Kier alpha value is -3.76. The molecule has 8 heteroatoms. The molecule has 1 saturated heterocycles. The van der Waals surface area contributed by atoms with Crippen LogP contribution in [-0.4, -0.2) is 48.6 Å². The number of benzene rings is 2. The molecule has 1 aliphatic rings. The Balaban J connectivity index is 1.36. The molecule has 0 atom stereocenters. The van der Waals surface area contributed by atoms with E-state index < -0.39 is 0 Å². The number of nitriles is 1. The molecule has 0 aliphatic carbocycles. The summed E-state index contributed by atoms with van der Waals surface area (Å²) in [4.78, 5) is 20.5. The lowest BCUT2D eigenvalue weighted by atomic mass is 10.2. The van der Waals surface area contributed by atoms with E-state index in [9.17, 15) is 10.1 Å². The van der Waals surface area contributed by atoms with Crippen LogP contribution in [0.25, 0.3) is 12.2 Å². The number of hydrogen-bond donors (Lipinski definition) is 0. The maximum absolute atomic E-state index is 12.5. The van der Waals surface area contributed by atoms with Crippen molar-refractivity contribution >= 4 is 35.5 Å². The fraction of sp³-hybridized carbons (Fsp3) is 0.240. The van der Waals surface area contributed by atoms with Crippen molar-refractivity contribution in [2.24, 2.45) is 0 Å². The topological polar surface area (TPSA) is 82.6 Å². The van der Waals surface area contributed by atoms with Gasteiger partial charge in [0.2, 0.25) is 17.5 Å². The Bertz CT molecular complexity index is 1210. The van der Waals surface area contributed by atoms with Gasteiger partial charge in [0, 0.05) is 37.3 Å². The summed E-state index contributed by atoms with van der Waals surface area (Å²) in [5.74, 6) is 1.35. The number of rotatable bonds is 6. The molecule has 0 saturated carbocycles. The molecule has 0 bridgehead atoms. The van der Waals surface area contributed by atoms with Gasteiger partial charge < -0.3 is 19.0 Å². The Morgan fingerprint density at radius 1 is 1.18 bits per heavy atom. The average molecular weight is 463 g/mol. The number of carbonyl (C=O) groups is 1. The largest absolute Gasteiger partial charge is 0.484 e. The lowest BCUT2D eigenvalue weighted by molar-refractivity contribution is -0.133. The molecule has 2 aromatic carbocycles. The fourth-order valence-electron chi connectivity index (χ4n) is 3.56. The molecule has 33 heavy (non-hydrogen) atoms. The Kier molecular flexibility index (Phi) is 6.96. The number of oxazole rings is 1.